The average Bonchev–Trinajstić information content (AvgIpc) is 2.92. The van der Waals surface area contributed by atoms with Crippen LogP contribution >= 0.6 is 0 Å². The SMILES string of the molecule is CCn1nccc1CNC(=O)c1ccccc1OC(F)F. The number of nitrogens with one attached hydrogen (secondary N) is 1. The number of alkyl halides is 2. The van der Waals surface area contributed by atoms with Gasteiger partial charge in [-0.25, -0.2) is 0 Å². The molecule has 0 aliphatic heterocycles. The zero-order valence-corrected chi connectivity index (χ0v) is 11.4. The highest BCUT2D eigenvalue weighted by Crippen LogP contribution is 2.20. The molecule has 0 saturated heterocycles. The normalized spacial score (nSPS) is 10.7. The monoisotopic (exact) mass is 295 g/mol. The summed E-state index contributed by atoms with van der Waals surface area (Å²) in [5.74, 6) is -0.621. The van der Waals surface area contributed by atoms with E-state index >= 15 is 0 Å². The lowest BCUT2D eigenvalue weighted by Crippen LogP contribution is -2.25. The largest absolute Gasteiger partial charge is 0.434 e. The van der Waals surface area contributed by atoms with Crippen LogP contribution in [0.2, 0.25) is 0 Å². The molecular weight excluding hydrogens is 280 g/mol. The van der Waals surface area contributed by atoms with E-state index < -0.39 is 12.5 Å². The van der Waals surface area contributed by atoms with Crippen molar-refractivity contribution in [3.63, 3.8) is 0 Å². The summed E-state index contributed by atoms with van der Waals surface area (Å²) in [6, 6.07) is 7.66. The molecule has 2 rings (SSSR count). The molecule has 0 radical (unpaired) electrons. The van der Waals surface area contributed by atoms with Gasteiger partial charge in [-0.1, -0.05) is 12.1 Å². The minimum absolute atomic E-state index is 0.0698. The molecule has 0 aliphatic rings. The molecule has 0 aliphatic carbocycles. The minimum Gasteiger partial charge on any atom is -0.434 e. The van der Waals surface area contributed by atoms with Gasteiger partial charge in [0, 0.05) is 12.7 Å². The first-order valence-corrected chi connectivity index (χ1v) is 6.44. The van der Waals surface area contributed by atoms with E-state index in [-0.39, 0.29) is 17.9 Å². The van der Waals surface area contributed by atoms with Gasteiger partial charge in [0.2, 0.25) is 0 Å². The van der Waals surface area contributed by atoms with Crippen molar-refractivity contribution in [3.8, 4) is 5.75 Å². The van der Waals surface area contributed by atoms with Crippen LogP contribution in [0.4, 0.5) is 8.78 Å². The Bertz CT molecular complexity index is 614. The average molecular weight is 295 g/mol. The second-order valence-electron chi connectivity index (χ2n) is 4.20. The molecule has 1 amide bonds. The zero-order valence-electron chi connectivity index (χ0n) is 11.4. The number of rotatable bonds is 6. The van der Waals surface area contributed by atoms with Crippen LogP contribution in [0, 0.1) is 0 Å². The number of para-hydroxylation sites is 1. The van der Waals surface area contributed by atoms with Gasteiger partial charge in [-0.05, 0) is 25.1 Å². The maximum absolute atomic E-state index is 12.3. The third-order valence-corrected chi connectivity index (χ3v) is 2.88. The standard InChI is InChI=1S/C14H15F2N3O2/c1-2-19-10(7-8-18-19)9-17-13(20)11-5-3-4-6-12(11)21-14(15)16/h3-8,14H,2,9H2,1H3,(H,17,20). The topological polar surface area (TPSA) is 56.2 Å². The summed E-state index contributed by atoms with van der Waals surface area (Å²) >= 11 is 0. The Kier molecular flexibility index (Phi) is 4.86. The lowest BCUT2D eigenvalue weighted by Gasteiger charge is -2.11. The van der Waals surface area contributed by atoms with Gasteiger partial charge in [-0.15, -0.1) is 0 Å². The summed E-state index contributed by atoms with van der Waals surface area (Å²) in [6.45, 7) is -0.0937. The number of ether oxygens (including phenoxy) is 1. The third kappa shape index (κ3) is 3.77. The fraction of sp³-hybridized carbons (Fsp3) is 0.286. The van der Waals surface area contributed by atoms with Crippen LogP contribution in [0.25, 0.3) is 0 Å². The van der Waals surface area contributed by atoms with Gasteiger partial charge in [-0.3, -0.25) is 9.48 Å². The van der Waals surface area contributed by atoms with Crippen molar-refractivity contribution in [2.45, 2.75) is 26.6 Å². The highest BCUT2D eigenvalue weighted by Gasteiger charge is 2.15. The van der Waals surface area contributed by atoms with E-state index in [1.54, 1.807) is 23.0 Å². The van der Waals surface area contributed by atoms with Gasteiger partial charge in [0.05, 0.1) is 17.8 Å². The van der Waals surface area contributed by atoms with Crippen LogP contribution in [0.15, 0.2) is 36.5 Å². The summed E-state index contributed by atoms with van der Waals surface area (Å²) in [5, 5.41) is 6.75. The second-order valence-corrected chi connectivity index (χ2v) is 4.20. The van der Waals surface area contributed by atoms with Crippen LogP contribution in [0.5, 0.6) is 5.75 Å². The Hall–Kier alpha value is -2.44. The van der Waals surface area contributed by atoms with E-state index in [2.05, 4.69) is 15.2 Å². The molecule has 1 aromatic carbocycles. The number of aromatic nitrogens is 2. The maximum Gasteiger partial charge on any atom is 0.387 e. The van der Waals surface area contributed by atoms with Gasteiger partial charge >= 0.3 is 6.61 Å². The van der Waals surface area contributed by atoms with Gasteiger partial charge in [0.15, 0.2) is 0 Å². The summed E-state index contributed by atoms with van der Waals surface area (Å²) in [5.41, 5.74) is 0.901. The molecular formula is C14H15F2N3O2. The number of hydrogen-bond acceptors (Lipinski definition) is 3. The number of benzene rings is 1. The van der Waals surface area contributed by atoms with Crippen LogP contribution in [-0.2, 0) is 13.1 Å². The molecule has 0 unspecified atom stereocenters. The number of carbonyl (C=O) groups excluding carboxylic acids is 1. The van der Waals surface area contributed by atoms with Crippen molar-refractivity contribution in [3.05, 3.63) is 47.8 Å². The van der Waals surface area contributed by atoms with Crippen LogP contribution < -0.4 is 10.1 Å². The van der Waals surface area contributed by atoms with E-state index in [1.165, 1.54) is 18.2 Å². The molecule has 0 atom stereocenters. The molecule has 1 heterocycles. The number of halogens is 2. The number of aryl methyl sites for hydroxylation is 1. The van der Waals surface area contributed by atoms with Crippen LogP contribution in [-0.4, -0.2) is 22.3 Å². The number of hydrogen-bond donors (Lipinski definition) is 1. The van der Waals surface area contributed by atoms with Crippen molar-refractivity contribution in [1.82, 2.24) is 15.1 Å². The van der Waals surface area contributed by atoms with Gasteiger partial charge < -0.3 is 10.1 Å². The molecule has 0 spiro atoms. The molecule has 5 nitrogen and oxygen atoms in total. The van der Waals surface area contributed by atoms with Crippen LogP contribution in [0.3, 0.4) is 0 Å². The van der Waals surface area contributed by atoms with Crippen molar-refractivity contribution in [2.75, 3.05) is 0 Å². The molecule has 2 aromatic rings. The molecule has 0 bridgehead atoms. The second kappa shape index (κ2) is 6.83. The van der Waals surface area contributed by atoms with E-state index in [9.17, 15) is 13.6 Å². The smallest absolute Gasteiger partial charge is 0.387 e. The Labute approximate surface area is 120 Å². The first-order chi connectivity index (χ1) is 10.1. The first kappa shape index (κ1) is 15.0. The van der Waals surface area contributed by atoms with Crippen molar-refractivity contribution in [1.29, 1.82) is 0 Å². The van der Waals surface area contributed by atoms with Crippen LogP contribution in [0.1, 0.15) is 23.0 Å². The number of nitrogens with zero attached hydrogens (tertiary/aromatic N) is 2. The fourth-order valence-electron chi connectivity index (χ4n) is 1.91. The van der Waals surface area contributed by atoms with Crippen molar-refractivity contribution >= 4 is 5.91 Å². The van der Waals surface area contributed by atoms with Crippen molar-refractivity contribution in [2.24, 2.45) is 0 Å². The van der Waals surface area contributed by atoms with E-state index in [0.717, 1.165) is 5.69 Å². The maximum atomic E-state index is 12.3. The predicted octanol–water partition coefficient (Wildman–Crippen LogP) is 2.43. The van der Waals surface area contributed by atoms with Crippen molar-refractivity contribution < 1.29 is 18.3 Å². The molecule has 0 fully saturated rings. The van der Waals surface area contributed by atoms with Gasteiger partial charge in [0.25, 0.3) is 5.91 Å². The number of amides is 1. The highest BCUT2D eigenvalue weighted by molar-refractivity contribution is 5.96. The Morgan fingerprint density at radius 2 is 2.14 bits per heavy atom. The lowest BCUT2D eigenvalue weighted by atomic mass is 10.2. The van der Waals surface area contributed by atoms with E-state index in [0.29, 0.717) is 6.54 Å². The molecule has 0 saturated carbocycles. The van der Waals surface area contributed by atoms with E-state index in [4.69, 9.17) is 0 Å². The highest BCUT2D eigenvalue weighted by atomic mass is 19.3. The molecule has 21 heavy (non-hydrogen) atoms. The predicted molar refractivity (Wildman–Crippen MR) is 72.1 cm³/mol. The Morgan fingerprint density at radius 1 is 1.38 bits per heavy atom. The molecule has 7 heteroatoms. The fourth-order valence-corrected chi connectivity index (χ4v) is 1.91. The third-order valence-electron chi connectivity index (χ3n) is 2.88. The summed E-state index contributed by atoms with van der Waals surface area (Å²) in [4.78, 5) is 12.1. The molecule has 112 valence electrons. The minimum atomic E-state index is -2.97. The Balaban J connectivity index is 2.07. The first-order valence-electron chi connectivity index (χ1n) is 6.44. The Morgan fingerprint density at radius 3 is 2.86 bits per heavy atom. The summed E-state index contributed by atoms with van der Waals surface area (Å²) in [7, 11) is 0. The lowest BCUT2D eigenvalue weighted by molar-refractivity contribution is -0.0501. The molecule has 1 aromatic heterocycles. The summed E-state index contributed by atoms with van der Waals surface area (Å²) in [6.07, 6.45) is 1.64. The van der Waals surface area contributed by atoms with Gasteiger partial charge in [-0.2, -0.15) is 13.9 Å². The zero-order chi connectivity index (χ0) is 15.2. The van der Waals surface area contributed by atoms with E-state index in [1.807, 2.05) is 6.92 Å². The quantitative estimate of drug-likeness (QED) is 0.890. The van der Waals surface area contributed by atoms with Gasteiger partial charge in [0.1, 0.15) is 5.75 Å². The summed E-state index contributed by atoms with van der Waals surface area (Å²) < 4.78 is 30.7. The molecule has 1 N–H and O–H groups in total. The number of carbonyl (C=O) groups is 1.